The maximum atomic E-state index is 10.4. The Morgan fingerprint density at radius 3 is 2.93 bits per heavy atom. The molecule has 2 aliphatic rings. The highest BCUT2D eigenvalue weighted by Crippen LogP contribution is 2.40. The van der Waals surface area contributed by atoms with E-state index in [0.717, 1.165) is 17.9 Å². The Morgan fingerprint density at radius 1 is 1.28 bits per heavy atom. The second-order valence-electron chi connectivity index (χ2n) is 8.12. The number of aromatic hydroxyl groups is 1. The van der Waals surface area contributed by atoms with E-state index in [1.54, 1.807) is 53.5 Å². The van der Waals surface area contributed by atoms with E-state index in [1.807, 2.05) is 0 Å². The van der Waals surface area contributed by atoms with Crippen molar-refractivity contribution in [2.75, 3.05) is 0 Å². The fourth-order valence-corrected chi connectivity index (χ4v) is 5.78. The third-order valence-corrected chi connectivity index (χ3v) is 6.89. The van der Waals surface area contributed by atoms with Gasteiger partial charge >= 0.3 is 0 Å². The van der Waals surface area contributed by atoms with Crippen molar-refractivity contribution in [1.29, 1.82) is 0 Å². The molecule has 0 unspecified atom stereocenters. The minimum Gasteiger partial charge on any atom is -0.507 e. The molecule has 150 valence electrons. The Hall–Kier alpha value is -2.52. The van der Waals surface area contributed by atoms with Crippen LogP contribution in [0.2, 0.25) is 0 Å². The molecule has 3 atom stereocenters. The maximum absolute atomic E-state index is 10.4. The van der Waals surface area contributed by atoms with E-state index in [-0.39, 0.29) is 11.3 Å². The predicted octanol–water partition coefficient (Wildman–Crippen LogP) is 2.98. The number of fused-ring (bicyclic) bond motifs is 2. The van der Waals surface area contributed by atoms with Gasteiger partial charge in [0, 0.05) is 41.5 Å². The fraction of sp³-hybridized carbons (Fsp3) is 0.450. The minimum atomic E-state index is 0.0602. The van der Waals surface area contributed by atoms with E-state index in [4.69, 9.17) is 0 Å². The number of aromatic nitrogens is 6. The normalized spacial score (nSPS) is 26.4. The Kier molecular flexibility index (Phi) is 4.71. The Bertz CT molecular complexity index is 995. The van der Waals surface area contributed by atoms with Crippen molar-refractivity contribution in [1.82, 2.24) is 35.0 Å². The lowest BCUT2D eigenvalue weighted by Gasteiger charge is -2.47. The van der Waals surface area contributed by atoms with Crippen molar-refractivity contribution in [2.24, 2.45) is 0 Å². The molecule has 0 saturated carbocycles. The van der Waals surface area contributed by atoms with Gasteiger partial charge in [0.15, 0.2) is 5.82 Å². The van der Waals surface area contributed by atoms with Gasteiger partial charge in [-0.3, -0.25) is 4.57 Å². The molecule has 9 heteroatoms. The first-order valence-electron chi connectivity index (χ1n) is 9.90. The molecule has 5 heterocycles. The van der Waals surface area contributed by atoms with Crippen molar-refractivity contribution in [2.45, 2.75) is 60.9 Å². The van der Waals surface area contributed by atoms with Gasteiger partial charge in [0.25, 0.3) is 0 Å². The Morgan fingerprint density at radius 2 is 2.21 bits per heavy atom. The molecule has 2 fully saturated rings. The Labute approximate surface area is 173 Å². The molecule has 0 spiro atoms. The molecule has 2 saturated heterocycles. The SMILES string of the molecule is C[C@]12CCC[C@H](C[C@@H](Sc3cnc(-c4cnc(-n5ccnc5)cc4O)nn3)C1)N2. The molecule has 2 bridgehead atoms. The zero-order chi connectivity index (χ0) is 19.8. The highest BCUT2D eigenvalue weighted by atomic mass is 32.2. The highest BCUT2D eigenvalue weighted by Gasteiger charge is 2.39. The molecule has 2 N–H and O–H groups in total. The molecular weight excluding hydrogens is 386 g/mol. The van der Waals surface area contributed by atoms with Crippen LogP contribution >= 0.6 is 11.8 Å². The molecule has 5 rings (SSSR count). The summed E-state index contributed by atoms with van der Waals surface area (Å²) in [5, 5.41) is 24.1. The molecule has 0 radical (unpaired) electrons. The van der Waals surface area contributed by atoms with Gasteiger partial charge in [-0.2, -0.15) is 0 Å². The molecule has 0 amide bonds. The summed E-state index contributed by atoms with van der Waals surface area (Å²) in [6.07, 6.45) is 14.5. The van der Waals surface area contributed by atoms with Crippen LogP contribution in [0.5, 0.6) is 5.75 Å². The van der Waals surface area contributed by atoms with E-state index >= 15 is 0 Å². The predicted molar refractivity (Wildman–Crippen MR) is 110 cm³/mol. The zero-order valence-electron chi connectivity index (χ0n) is 16.2. The van der Waals surface area contributed by atoms with Gasteiger partial charge in [-0.15, -0.1) is 10.2 Å². The van der Waals surface area contributed by atoms with Gasteiger partial charge in [0.1, 0.15) is 22.9 Å². The molecule has 0 aliphatic carbocycles. The first-order valence-corrected chi connectivity index (χ1v) is 10.8. The highest BCUT2D eigenvalue weighted by molar-refractivity contribution is 7.99. The van der Waals surface area contributed by atoms with Gasteiger partial charge in [-0.25, -0.2) is 15.0 Å². The van der Waals surface area contributed by atoms with Gasteiger partial charge in [-0.1, -0.05) is 18.2 Å². The summed E-state index contributed by atoms with van der Waals surface area (Å²) in [6.45, 7) is 2.34. The second kappa shape index (κ2) is 7.38. The summed E-state index contributed by atoms with van der Waals surface area (Å²) < 4.78 is 1.72. The third kappa shape index (κ3) is 3.84. The standard InChI is InChI=1S/C20H23N7OS/c1-20-4-2-3-13(24-20)7-14(9-20)29-18-11-23-19(26-25-18)15-10-22-17(8-16(15)28)27-6-5-21-12-27/h5-6,8,10-14,24H,2-4,7,9H2,1H3,(H,22,28)/t13-,14-,20+/m1/s1. The van der Waals surface area contributed by atoms with Gasteiger partial charge in [0.2, 0.25) is 0 Å². The summed E-state index contributed by atoms with van der Waals surface area (Å²) in [7, 11) is 0. The molecule has 3 aromatic rings. The monoisotopic (exact) mass is 409 g/mol. The summed E-state index contributed by atoms with van der Waals surface area (Å²) in [5.41, 5.74) is 0.704. The maximum Gasteiger partial charge on any atom is 0.187 e. The van der Waals surface area contributed by atoms with Crippen molar-refractivity contribution in [3.05, 3.63) is 37.2 Å². The van der Waals surface area contributed by atoms with Crippen LogP contribution < -0.4 is 5.32 Å². The summed E-state index contributed by atoms with van der Waals surface area (Å²) in [6, 6.07) is 2.18. The molecule has 0 aromatic carbocycles. The van der Waals surface area contributed by atoms with E-state index in [0.29, 0.717) is 28.5 Å². The average Bonchev–Trinajstić information content (AvgIpc) is 3.23. The lowest BCUT2D eigenvalue weighted by molar-refractivity contribution is 0.163. The third-order valence-electron chi connectivity index (χ3n) is 5.76. The number of rotatable bonds is 4. The summed E-state index contributed by atoms with van der Waals surface area (Å²) in [5.74, 6) is 1.00. The topological polar surface area (TPSA) is 102 Å². The second-order valence-corrected chi connectivity index (χ2v) is 9.44. The van der Waals surface area contributed by atoms with Crippen LogP contribution in [0.3, 0.4) is 0 Å². The van der Waals surface area contributed by atoms with Crippen molar-refractivity contribution < 1.29 is 5.11 Å². The van der Waals surface area contributed by atoms with Crippen LogP contribution in [0.25, 0.3) is 17.2 Å². The average molecular weight is 410 g/mol. The number of thioether (sulfide) groups is 1. The van der Waals surface area contributed by atoms with Crippen molar-refractivity contribution in [3.8, 4) is 23.0 Å². The first kappa shape index (κ1) is 18.5. The number of nitrogens with zero attached hydrogens (tertiary/aromatic N) is 6. The molecular formula is C20H23N7OS. The fourth-order valence-electron chi connectivity index (χ4n) is 4.46. The lowest BCUT2D eigenvalue weighted by atomic mass is 9.77. The van der Waals surface area contributed by atoms with E-state index in [9.17, 15) is 5.11 Å². The van der Waals surface area contributed by atoms with Gasteiger partial charge in [-0.05, 0) is 32.6 Å². The quantitative estimate of drug-likeness (QED) is 0.678. The van der Waals surface area contributed by atoms with Crippen LogP contribution in [0.4, 0.5) is 0 Å². The number of piperidine rings is 2. The van der Waals surface area contributed by atoms with Crippen LogP contribution in [-0.4, -0.2) is 51.7 Å². The van der Waals surface area contributed by atoms with Gasteiger partial charge < -0.3 is 10.4 Å². The van der Waals surface area contributed by atoms with Crippen LogP contribution in [0.1, 0.15) is 39.0 Å². The van der Waals surface area contributed by atoms with Crippen molar-refractivity contribution >= 4 is 11.8 Å². The minimum absolute atomic E-state index is 0.0602. The smallest absolute Gasteiger partial charge is 0.187 e. The number of imidazole rings is 1. The number of nitrogens with one attached hydrogen (secondary N) is 1. The van der Waals surface area contributed by atoms with E-state index in [2.05, 4.69) is 37.4 Å². The largest absolute Gasteiger partial charge is 0.507 e. The molecule has 29 heavy (non-hydrogen) atoms. The number of hydrogen-bond donors (Lipinski definition) is 2. The van der Waals surface area contributed by atoms with Crippen molar-refractivity contribution in [3.63, 3.8) is 0 Å². The van der Waals surface area contributed by atoms with Gasteiger partial charge in [0.05, 0.1) is 11.8 Å². The van der Waals surface area contributed by atoms with Crippen LogP contribution in [0, 0.1) is 0 Å². The summed E-state index contributed by atoms with van der Waals surface area (Å²) in [4.78, 5) is 12.8. The van der Waals surface area contributed by atoms with E-state index in [1.165, 1.54) is 19.3 Å². The summed E-state index contributed by atoms with van der Waals surface area (Å²) >= 11 is 1.76. The molecule has 3 aromatic heterocycles. The number of hydrogen-bond acceptors (Lipinski definition) is 8. The Balaban J connectivity index is 1.30. The molecule has 8 nitrogen and oxygen atoms in total. The number of pyridine rings is 1. The molecule has 2 aliphatic heterocycles. The van der Waals surface area contributed by atoms with Crippen LogP contribution in [0.15, 0.2) is 42.2 Å². The van der Waals surface area contributed by atoms with E-state index < -0.39 is 0 Å². The lowest BCUT2D eigenvalue weighted by Crippen LogP contribution is -2.57. The zero-order valence-corrected chi connectivity index (χ0v) is 17.0. The van der Waals surface area contributed by atoms with Crippen LogP contribution in [-0.2, 0) is 0 Å². The first-order chi connectivity index (χ1) is 14.1.